The fourth-order valence-corrected chi connectivity index (χ4v) is 0.580. The van der Waals surface area contributed by atoms with E-state index in [-0.39, 0.29) is 6.08 Å². The standard InChI is InChI=1S/C6H6F6O/c1-2-3(7)5(13,4(8)9)6(10,11)12/h2-4,13H,1H2. The number of aliphatic hydroxyl groups is 1. The summed E-state index contributed by atoms with van der Waals surface area (Å²) in [6.07, 6.45) is -13.3. The molecule has 0 aromatic rings. The zero-order valence-electron chi connectivity index (χ0n) is 6.15. The van der Waals surface area contributed by atoms with Gasteiger partial charge in [0, 0.05) is 0 Å². The van der Waals surface area contributed by atoms with Crippen molar-refractivity contribution in [3.05, 3.63) is 12.7 Å². The summed E-state index contributed by atoms with van der Waals surface area (Å²) in [4.78, 5) is 0. The van der Waals surface area contributed by atoms with E-state index in [1.165, 1.54) is 0 Å². The van der Waals surface area contributed by atoms with Crippen molar-refractivity contribution in [2.24, 2.45) is 0 Å². The molecule has 0 saturated carbocycles. The second kappa shape index (κ2) is 3.57. The quantitative estimate of drug-likeness (QED) is 0.556. The third kappa shape index (κ3) is 1.96. The van der Waals surface area contributed by atoms with Crippen molar-refractivity contribution < 1.29 is 31.4 Å². The molecule has 2 unspecified atom stereocenters. The molecule has 0 aliphatic heterocycles. The Labute approximate surface area is 69.7 Å². The van der Waals surface area contributed by atoms with Crippen molar-refractivity contribution >= 4 is 0 Å². The van der Waals surface area contributed by atoms with Gasteiger partial charge in [-0.2, -0.15) is 13.2 Å². The van der Waals surface area contributed by atoms with E-state index in [1.807, 2.05) is 0 Å². The molecular formula is C6H6F6O. The van der Waals surface area contributed by atoms with Gasteiger partial charge in [-0.3, -0.25) is 0 Å². The Hall–Kier alpha value is -0.720. The van der Waals surface area contributed by atoms with E-state index < -0.39 is 24.4 Å². The molecule has 0 amide bonds. The van der Waals surface area contributed by atoms with Gasteiger partial charge >= 0.3 is 6.18 Å². The summed E-state index contributed by atoms with van der Waals surface area (Å²) in [5.74, 6) is 0. The van der Waals surface area contributed by atoms with Gasteiger partial charge in [0.25, 0.3) is 12.0 Å². The van der Waals surface area contributed by atoms with Gasteiger partial charge in [-0.1, -0.05) is 6.08 Å². The Kier molecular flexibility index (Phi) is 3.37. The second-order valence-electron chi connectivity index (χ2n) is 2.26. The lowest BCUT2D eigenvalue weighted by molar-refractivity contribution is -0.312. The van der Waals surface area contributed by atoms with Gasteiger partial charge < -0.3 is 5.11 Å². The number of alkyl halides is 6. The first-order chi connectivity index (χ1) is 5.67. The molecule has 78 valence electrons. The molecule has 1 N–H and O–H groups in total. The van der Waals surface area contributed by atoms with E-state index in [4.69, 9.17) is 5.11 Å². The molecule has 13 heavy (non-hydrogen) atoms. The highest BCUT2D eigenvalue weighted by atomic mass is 19.4. The number of hydrogen-bond acceptors (Lipinski definition) is 1. The minimum atomic E-state index is -5.74. The Balaban J connectivity index is 5.07. The molecule has 0 aromatic carbocycles. The van der Waals surface area contributed by atoms with Crippen LogP contribution in [-0.2, 0) is 0 Å². The van der Waals surface area contributed by atoms with Crippen LogP contribution in [-0.4, -0.2) is 29.5 Å². The van der Waals surface area contributed by atoms with E-state index in [0.717, 1.165) is 0 Å². The average molecular weight is 208 g/mol. The smallest absolute Gasteiger partial charge is 0.374 e. The van der Waals surface area contributed by atoms with Crippen LogP contribution in [0, 0.1) is 0 Å². The molecule has 2 atom stereocenters. The minimum Gasteiger partial charge on any atom is -0.374 e. The van der Waals surface area contributed by atoms with E-state index in [2.05, 4.69) is 6.58 Å². The van der Waals surface area contributed by atoms with Gasteiger partial charge in [-0.05, 0) is 0 Å². The van der Waals surface area contributed by atoms with Crippen molar-refractivity contribution in [3.63, 3.8) is 0 Å². The van der Waals surface area contributed by atoms with Crippen LogP contribution in [0.3, 0.4) is 0 Å². The first kappa shape index (κ1) is 12.3. The van der Waals surface area contributed by atoms with Gasteiger partial charge in [-0.15, -0.1) is 6.58 Å². The van der Waals surface area contributed by atoms with Crippen LogP contribution in [0.5, 0.6) is 0 Å². The highest BCUT2D eigenvalue weighted by molar-refractivity contribution is 5.03. The normalized spacial score (nSPS) is 19.7. The number of rotatable bonds is 3. The molecule has 0 rings (SSSR count). The van der Waals surface area contributed by atoms with E-state index >= 15 is 0 Å². The van der Waals surface area contributed by atoms with Gasteiger partial charge in [0.1, 0.15) is 0 Å². The summed E-state index contributed by atoms with van der Waals surface area (Å²) in [5, 5.41) is 8.37. The van der Waals surface area contributed by atoms with Gasteiger partial charge in [0.2, 0.25) is 0 Å². The fraction of sp³-hybridized carbons (Fsp3) is 0.667. The van der Waals surface area contributed by atoms with Gasteiger partial charge in [0.05, 0.1) is 0 Å². The van der Waals surface area contributed by atoms with E-state index in [0.29, 0.717) is 0 Å². The molecule has 0 heterocycles. The maximum Gasteiger partial charge on any atom is 0.426 e. The number of halogens is 6. The van der Waals surface area contributed by atoms with Crippen molar-refractivity contribution in [3.8, 4) is 0 Å². The first-order valence-electron chi connectivity index (χ1n) is 3.01. The number of hydrogen-bond donors (Lipinski definition) is 1. The maximum atomic E-state index is 12.4. The topological polar surface area (TPSA) is 20.2 Å². The van der Waals surface area contributed by atoms with Crippen LogP contribution in [0.4, 0.5) is 26.3 Å². The van der Waals surface area contributed by atoms with Crippen LogP contribution in [0.2, 0.25) is 0 Å². The molecule has 0 saturated heterocycles. The Morgan fingerprint density at radius 1 is 1.15 bits per heavy atom. The summed E-state index contributed by atoms with van der Waals surface area (Å²) < 4.78 is 71.2. The fourth-order valence-electron chi connectivity index (χ4n) is 0.580. The van der Waals surface area contributed by atoms with Crippen LogP contribution in [0.25, 0.3) is 0 Å². The molecule has 0 aliphatic rings. The molecule has 0 spiro atoms. The molecule has 1 nitrogen and oxygen atoms in total. The summed E-state index contributed by atoms with van der Waals surface area (Å²) in [7, 11) is 0. The lowest BCUT2D eigenvalue weighted by Crippen LogP contribution is -2.57. The highest BCUT2D eigenvalue weighted by Gasteiger charge is 2.65. The van der Waals surface area contributed by atoms with E-state index in [9.17, 15) is 26.3 Å². The Morgan fingerprint density at radius 2 is 1.54 bits per heavy atom. The van der Waals surface area contributed by atoms with Crippen molar-refractivity contribution in [1.29, 1.82) is 0 Å². The zero-order valence-corrected chi connectivity index (χ0v) is 6.15. The van der Waals surface area contributed by atoms with Crippen molar-refractivity contribution in [1.82, 2.24) is 0 Å². The SMILES string of the molecule is C=CC(F)C(O)(C(F)F)C(F)(F)F. The monoisotopic (exact) mass is 208 g/mol. The lowest BCUT2D eigenvalue weighted by Gasteiger charge is -2.30. The van der Waals surface area contributed by atoms with Gasteiger partial charge in [-0.25, -0.2) is 13.2 Å². The predicted molar refractivity (Wildman–Crippen MR) is 32.1 cm³/mol. The molecule has 0 aliphatic carbocycles. The lowest BCUT2D eigenvalue weighted by atomic mass is 9.98. The molecule has 0 radical (unpaired) electrons. The summed E-state index contributed by atoms with van der Waals surface area (Å²) in [6, 6.07) is 0. The first-order valence-corrected chi connectivity index (χ1v) is 3.01. The molecule has 0 fully saturated rings. The molecule has 0 bridgehead atoms. The third-order valence-corrected chi connectivity index (χ3v) is 1.41. The zero-order chi connectivity index (χ0) is 10.9. The van der Waals surface area contributed by atoms with Gasteiger partial charge in [0.15, 0.2) is 6.17 Å². The average Bonchev–Trinajstić information content (AvgIpc) is 1.98. The molecule has 0 aromatic heterocycles. The summed E-state index contributed by atoms with van der Waals surface area (Å²) >= 11 is 0. The largest absolute Gasteiger partial charge is 0.426 e. The second-order valence-corrected chi connectivity index (χ2v) is 2.26. The summed E-state index contributed by atoms with van der Waals surface area (Å²) in [5.41, 5.74) is -4.67. The van der Waals surface area contributed by atoms with E-state index in [1.54, 1.807) is 0 Å². The highest BCUT2D eigenvalue weighted by Crippen LogP contribution is 2.39. The third-order valence-electron chi connectivity index (χ3n) is 1.41. The summed E-state index contributed by atoms with van der Waals surface area (Å²) in [6.45, 7) is 2.55. The Morgan fingerprint density at radius 3 is 1.62 bits per heavy atom. The van der Waals surface area contributed by atoms with Crippen LogP contribution >= 0.6 is 0 Å². The van der Waals surface area contributed by atoms with Crippen molar-refractivity contribution in [2.75, 3.05) is 0 Å². The van der Waals surface area contributed by atoms with Crippen molar-refractivity contribution in [2.45, 2.75) is 24.4 Å². The maximum absolute atomic E-state index is 12.4. The van der Waals surface area contributed by atoms with Crippen LogP contribution in [0.15, 0.2) is 12.7 Å². The Bertz CT molecular complexity index is 188. The predicted octanol–water partition coefficient (Wildman–Crippen LogP) is 2.07. The minimum absolute atomic E-state index is 0.0281. The van der Waals surface area contributed by atoms with Crippen LogP contribution in [0.1, 0.15) is 0 Å². The molecule has 7 heteroatoms. The molecular weight excluding hydrogens is 202 g/mol. The van der Waals surface area contributed by atoms with Crippen LogP contribution < -0.4 is 0 Å².